The summed E-state index contributed by atoms with van der Waals surface area (Å²) in [5, 5.41) is 173. The molecule has 4 saturated carbocycles. The molecule has 542 valence electrons. The fraction of sp³-hybridized carbons (Fsp3) is 0.922. The van der Waals surface area contributed by atoms with E-state index >= 15 is 4.79 Å². The third-order valence-corrected chi connectivity index (χ3v) is 24.7. The normalized spacial score (nSPS) is 54.7. The molecule has 95 heavy (non-hydrogen) atoms. The first kappa shape index (κ1) is 73.5. The van der Waals surface area contributed by atoms with Crippen LogP contribution in [0.2, 0.25) is 0 Å². The van der Waals surface area contributed by atoms with Gasteiger partial charge in [0.2, 0.25) is 6.29 Å². The number of fused-ring (bicyclic) bond motifs is 7. The van der Waals surface area contributed by atoms with E-state index in [9.17, 15) is 91.3 Å². The lowest BCUT2D eigenvalue weighted by atomic mass is 9.33. The van der Waals surface area contributed by atoms with Crippen LogP contribution in [-0.4, -0.2) is 298 Å². The fourth-order valence-electron chi connectivity index (χ4n) is 18.7. The number of aliphatic carboxylic acids is 1. The van der Waals surface area contributed by atoms with Crippen LogP contribution >= 0.6 is 0 Å². The number of rotatable bonds is 15. The van der Waals surface area contributed by atoms with Gasteiger partial charge >= 0.3 is 11.9 Å². The van der Waals surface area contributed by atoms with Crippen molar-refractivity contribution in [3.8, 4) is 0 Å². The molecule has 31 heteroatoms. The molecule has 31 nitrogen and oxygen atoms in total. The third-order valence-electron chi connectivity index (χ3n) is 24.7. The van der Waals surface area contributed by atoms with Crippen molar-refractivity contribution in [1.82, 2.24) is 0 Å². The zero-order valence-electron chi connectivity index (χ0n) is 54.6. The Balaban J connectivity index is 0.789. The summed E-state index contributed by atoms with van der Waals surface area (Å²) in [4.78, 5) is 42.0. The summed E-state index contributed by atoms with van der Waals surface area (Å²) in [6.45, 7) is 14.1. The van der Waals surface area contributed by atoms with Crippen molar-refractivity contribution in [3.63, 3.8) is 0 Å². The maximum atomic E-state index is 15.6. The van der Waals surface area contributed by atoms with Gasteiger partial charge in [0.05, 0.1) is 49.0 Å². The van der Waals surface area contributed by atoms with E-state index in [-0.39, 0.29) is 29.6 Å². The Kier molecular flexibility index (Phi) is 21.1. The maximum Gasteiger partial charge on any atom is 0.335 e. The lowest BCUT2D eigenvalue weighted by Crippen LogP contribution is -2.68. The number of aliphatic hydroxyl groups excluding tert-OH is 15. The van der Waals surface area contributed by atoms with Gasteiger partial charge in [0, 0.05) is 0 Å². The van der Waals surface area contributed by atoms with Crippen LogP contribution in [-0.2, 0) is 71.2 Å². The summed E-state index contributed by atoms with van der Waals surface area (Å²) in [5.74, 6) is -2.98. The molecule has 37 atom stereocenters. The van der Waals surface area contributed by atoms with Crippen LogP contribution in [0.1, 0.15) is 120 Å². The highest BCUT2D eigenvalue weighted by atomic mass is 16.8. The first-order valence-electron chi connectivity index (χ1n) is 33.4. The highest BCUT2D eigenvalue weighted by Gasteiger charge is 2.71. The highest BCUT2D eigenvalue weighted by Crippen LogP contribution is 2.76. The van der Waals surface area contributed by atoms with Gasteiger partial charge in [0.25, 0.3) is 0 Å². The smallest absolute Gasteiger partial charge is 0.335 e. The molecule has 5 aliphatic carbocycles. The van der Waals surface area contributed by atoms with E-state index < -0.39 is 237 Å². The van der Waals surface area contributed by atoms with E-state index in [1.165, 1.54) is 13.8 Å². The maximum absolute atomic E-state index is 15.6. The standard InChI is InChI=1S/C64H100O31/c1-24-34(69)38(73)50(94-54-42(77)39(74)46(25(2)87-54)90-53-44(79)47(29(68)22-85-53)91-52-40(75)35(70)28(67)21-84-52)57(86-24)95-58(83)64-17-15-59(3,4)19-27(64)26-9-10-32-60(5)13-12-33(61(6,23-66)31(60)11-14-63(32,8)62(26,7)16-18-64)89-56-45(80)48(43(78)49(93-56)51(81)82)92-55-41(76)37(72)36(71)30(20-65)88-55/h9,23-25,27-50,52-57,65,67-80H,10-22H2,1-8H3,(H,81,82). The Morgan fingerprint density at radius 2 is 1.11 bits per heavy atom. The molecule has 0 radical (unpaired) electrons. The van der Waals surface area contributed by atoms with Gasteiger partial charge in [-0.2, -0.15) is 0 Å². The number of carboxylic acids is 1. The van der Waals surface area contributed by atoms with Crippen molar-refractivity contribution >= 4 is 18.2 Å². The van der Waals surface area contributed by atoms with E-state index in [1.54, 1.807) is 6.92 Å². The van der Waals surface area contributed by atoms with E-state index in [1.807, 2.05) is 0 Å². The molecule has 10 fully saturated rings. The van der Waals surface area contributed by atoms with Crippen molar-refractivity contribution < 1.29 is 153 Å². The van der Waals surface area contributed by atoms with Gasteiger partial charge < -0.3 is 143 Å². The minimum absolute atomic E-state index is 0.0270. The molecule has 6 heterocycles. The Morgan fingerprint density at radius 1 is 0.537 bits per heavy atom. The zero-order valence-corrected chi connectivity index (χ0v) is 54.6. The van der Waals surface area contributed by atoms with E-state index in [0.717, 1.165) is 11.9 Å². The first-order chi connectivity index (χ1) is 44.5. The van der Waals surface area contributed by atoms with E-state index in [0.29, 0.717) is 57.8 Å². The molecule has 11 rings (SSSR count). The topological polar surface area (TPSA) is 486 Å². The van der Waals surface area contributed by atoms with Crippen LogP contribution in [0.3, 0.4) is 0 Å². The van der Waals surface area contributed by atoms with Gasteiger partial charge in [-0.05, 0) is 117 Å². The number of carboxylic acid groups (broad SMARTS) is 1. The third kappa shape index (κ3) is 12.5. The van der Waals surface area contributed by atoms with Crippen LogP contribution < -0.4 is 0 Å². The molecular weight excluding hydrogens is 1260 g/mol. The Labute approximate surface area is 549 Å². The van der Waals surface area contributed by atoms with E-state index in [2.05, 4.69) is 40.7 Å². The monoisotopic (exact) mass is 1360 g/mol. The lowest BCUT2D eigenvalue weighted by Gasteiger charge is -2.71. The number of aliphatic hydroxyl groups is 15. The van der Waals surface area contributed by atoms with Gasteiger partial charge in [-0.25, -0.2) is 4.79 Å². The highest BCUT2D eigenvalue weighted by molar-refractivity contribution is 5.79. The van der Waals surface area contributed by atoms with Crippen molar-refractivity contribution in [1.29, 1.82) is 0 Å². The number of allylic oxidation sites excluding steroid dienone is 2. The van der Waals surface area contributed by atoms with Gasteiger partial charge in [0.1, 0.15) is 116 Å². The molecule has 0 spiro atoms. The van der Waals surface area contributed by atoms with Crippen molar-refractivity contribution in [2.75, 3.05) is 19.8 Å². The van der Waals surface area contributed by atoms with Gasteiger partial charge in [-0.3, -0.25) is 4.79 Å². The molecule has 0 aromatic rings. The van der Waals surface area contributed by atoms with Crippen LogP contribution in [0.25, 0.3) is 0 Å². The predicted octanol–water partition coefficient (Wildman–Crippen LogP) is -3.78. The minimum Gasteiger partial charge on any atom is -0.479 e. The molecule has 0 aromatic heterocycles. The number of hydrogen-bond donors (Lipinski definition) is 16. The van der Waals surface area contributed by atoms with Crippen LogP contribution in [0.4, 0.5) is 0 Å². The molecule has 0 aromatic carbocycles. The summed E-state index contributed by atoms with van der Waals surface area (Å²) in [5.41, 5.74) is -2.94. The number of carbonyl (C=O) groups excluding carboxylic acids is 2. The summed E-state index contributed by atoms with van der Waals surface area (Å²) >= 11 is 0. The average molecular weight is 1370 g/mol. The van der Waals surface area contributed by atoms with Crippen molar-refractivity contribution in [2.24, 2.45) is 50.2 Å². The quantitative estimate of drug-likeness (QED) is 0.0324. The van der Waals surface area contributed by atoms with Crippen LogP contribution in [0.5, 0.6) is 0 Å². The van der Waals surface area contributed by atoms with Gasteiger partial charge in [-0.1, -0.05) is 53.2 Å². The first-order valence-corrected chi connectivity index (χ1v) is 33.4. The molecule has 11 aliphatic rings. The SMILES string of the molecule is CC1OC(OC(=O)C23CCC(C)(C)CC2C2=CCC4C5(C)CCC(OC6OC(C(=O)O)C(O)C(OC7OC(CO)C(O)C(O)C7O)C6O)C(C)(C=O)C5CCC4(C)C2(C)CC3)C(OC2OC(C)C(OC3OCC(O)C(OC4OCC(O)C(O)C4O)C3O)C(O)C2O)C(O)C1O. The number of carbonyl (C=O) groups is 3. The Morgan fingerprint density at radius 3 is 1.78 bits per heavy atom. The van der Waals surface area contributed by atoms with Crippen LogP contribution in [0, 0.1) is 50.2 Å². The summed E-state index contributed by atoms with van der Waals surface area (Å²) in [6.07, 6.45) is -40.6. The molecule has 16 N–H and O–H groups in total. The van der Waals surface area contributed by atoms with E-state index in [4.69, 9.17) is 56.8 Å². The lowest BCUT2D eigenvalue weighted by molar-refractivity contribution is -0.378. The molecule has 0 bridgehead atoms. The summed E-state index contributed by atoms with van der Waals surface area (Å²) in [6, 6.07) is 0. The summed E-state index contributed by atoms with van der Waals surface area (Å²) < 4.78 is 70.8. The largest absolute Gasteiger partial charge is 0.479 e. The second kappa shape index (κ2) is 27.3. The van der Waals surface area contributed by atoms with Crippen molar-refractivity contribution in [2.45, 2.75) is 298 Å². The van der Waals surface area contributed by atoms with Gasteiger partial charge in [-0.15, -0.1) is 0 Å². The number of esters is 1. The van der Waals surface area contributed by atoms with Crippen LogP contribution in [0.15, 0.2) is 11.6 Å². The molecule has 37 unspecified atom stereocenters. The number of hydrogen-bond acceptors (Lipinski definition) is 30. The Bertz CT molecular complexity index is 2760. The molecule has 0 amide bonds. The molecule has 6 saturated heterocycles. The fourth-order valence-corrected chi connectivity index (χ4v) is 18.7. The minimum atomic E-state index is -2.08. The van der Waals surface area contributed by atoms with Crippen molar-refractivity contribution in [3.05, 3.63) is 11.6 Å². The average Bonchev–Trinajstić information content (AvgIpc) is 0.675. The Hall–Kier alpha value is -2.69. The molecular formula is C64H100O31. The second-order valence-corrected chi connectivity index (χ2v) is 30.7. The molecule has 6 aliphatic heterocycles. The predicted molar refractivity (Wildman–Crippen MR) is 314 cm³/mol. The second-order valence-electron chi connectivity index (χ2n) is 30.7. The zero-order chi connectivity index (χ0) is 69.3. The number of aldehydes is 1. The van der Waals surface area contributed by atoms with Gasteiger partial charge in [0.15, 0.2) is 43.7 Å². The number of ether oxygens (including phenoxy) is 12. The summed E-state index contributed by atoms with van der Waals surface area (Å²) in [7, 11) is 0.